The quantitative estimate of drug-likeness (QED) is 0.662. The van der Waals surface area contributed by atoms with Crippen molar-refractivity contribution >= 4 is 11.6 Å². The Hall–Kier alpha value is -0.570. The summed E-state index contributed by atoms with van der Waals surface area (Å²) in [6, 6.07) is 9.26. The molecule has 3 heteroatoms. The number of halogens is 1. The van der Waals surface area contributed by atoms with E-state index >= 15 is 0 Å². The van der Waals surface area contributed by atoms with E-state index in [-0.39, 0.29) is 0 Å². The van der Waals surface area contributed by atoms with Crippen molar-refractivity contribution in [3.05, 3.63) is 34.9 Å². The lowest BCUT2D eigenvalue weighted by Gasteiger charge is -2.28. The highest BCUT2D eigenvalue weighted by atomic mass is 35.5. The molecule has 1 N–H and O–H groups in total. The van der Waals surface area contributed by atoms with Crippen LogP contribution in [0.5, 0.6) is 0 Å². The van der Waals surface area contributed by atoms with Gasteiger partial charge in [-0.2, -0.15) is 0 Å². The van der Waals surface area contributed by atoms with Crippen molar-refractivity contribution in [2.45, 2.75) is 59.0 Å². The lowest BCUT2D eigenvalue weighted by atomic mass is 10.0. The van der Waals surface area contributed by atoms with E-state index in [0.29, 0.717) is 12.1 Å². The van der Waals surface area contributed by atoms with Crippen molar-refractivity contribution in [3.8, 4) is 0 Å². The third-order valence-corrected chi connectivity index (χ3v) is 4.07. The minimum Gasteiger partial charge on any atom is -0.310 e. The predicted molar refractivity (Wildman–Crippen MR) is 94.1 cm³/mol. The molecule has 120 valence electrons. The molecule has 1 rings (SSSR count). The molecule has 0 heterocycles. The van der Waals surface area contributed by atoms with Crippen LogP contribution < -0.4 is 5.32 Å². The Balaban J connectivity index is 2.69. The highest BCUT2D eigenvalue weighted by Gasteiger charge is 2.14. The van der Waals surface area contributed by atoms with Gasteiger partial charge in [-0.05, 0) is 63.9 Å². The molecule has 0 bridgehead atoms. The Morgan fingerprint density at radius 2 is 1.90 bits per heavy atom. The third-order valence-electron chi connectivity index (χ3n) is 3.84. The fourth-order valence-corrected chi connectivity index (χ4v) is 2.84. The number of benzene rings is 1. The molecule has 0 aliphatic rings. The zero-order valence-electron chi connectivity index (χ0n) is 14.0. The minimum atomic E-state index is 0.391. The molecule has 0 aliphatic carbocycles. The molecular formula is C18H31ClN2. The molecule has 0 aliphatic heterocycles. The van der Waals surface area contributed by atoms with Gasteiger partial charge in [0.15, 0.2) is 0 Å². The Kier molecular flexibility index (Phi) is 8.98. The van der Waals surface area contributed by atoms with Gasteiger partial charge in [0.05, 0.1) is 0 Å². The molecule has 0 spiro atoms. The first-order chi connectivity index (χ1) is 10.1. The molecule has 1 aromatic rings. The largest absolute Gasteiger partial charge is 0.310 e. The molecule has 1 unspecified atom stereocenters. The second kappa shape index (κ2) is 10.2. The van der Waals surface area contributed by atoms with Gasteiger partial charge < -0.3 is 10.2 Å². The molecule has 0 amide bonds. The van der Waals surface area contributed by atoms with Gasteiger partial charge >= 0.3 is 0 Å². The predicted octanol–water partition coefficient (Wildman–Crippen LogP) is 4.89. The van der Waals surface area contributed by atoms with Gasteiger partial charge in [-0.15, -0.1) is 0 Å². The first-order valence-electron chi connectivity index (χ1n) is 8.31. The maximum atomic E-state index is 6.15. The minimum absolute atomic E-state index is 0.391. The maximum Gasteiger partial charge on any atom is 0.0409 e. The molecule has 1 aromatic carbocycles. The second-order valence-corrected chi connectivity index (χ2v) is 6.42. The molecule has 0 aromatic heterocycles. The molecule has 0 saturated carbocycles. The van der Waals surface area contributed by atoms with Crippen molar-refractivity contribution in [2.24, 2.45) is 0 Å². The number of nitrogens with zero attached hydrogens (tertiary/aromatic N) is 1. The molecular weight excluding hydrogens is 280 g/mol. The number of nitrogens with one attached hydrogen (secondary N) is 1. The molecule has 0 radical (unpaired) electrons. The molecule has 2 nitrogen and oxygen atoms in total. The maximum absolute atomic E-state index is 6.15. The topological polar surface area (TPSA) is 15.3 Å². The summed E-state index contributed by atoms with van der Waals surface area (Å²) in [6.07, 6.45) is 3.49. The monoisotopic (exact) mass is 310 g/mol. The van der Waals surface area contributed by atoms with Crippen LogP contribution in [0.3, 0.4) is 0 Å². The standard InChI is InChI=1S/C18H31ClN2/c1-5-11-20-18(16-8-7-9-17(19)14-16)10-13-21(12-6-2)15(3)4/h7-9,14-15,18,20H,5-6,10-13H2,1-4H3. The summed E-state index contributed by atoms with van der Waals surface area (Å²) in [6.45, 7) is 12.4. The number of rotatable bonds is 10. The highest BCUT2D eigenvalue weighted by Crippen LogP contribution is 2.21. The van der Waals surface area contributed by atoms with E-state index in [1.807, 2.05) is 12.1 Å². The van der Waals surface area contributed by atoms with Crippen LogP contribution in [-0.4, -0.2) is 30.6 Å². The first kappa shape index (κ1) is 18.5. The zero-order valence-corrected chi connectivity index (χ0v) is 14.8. The summed E-state index contributed by atoms with van der Waals surface area (Å²) in [5.74, 6) is 0. The second-order valence-electron chi connectivity index (χ2n) is 5.98. The van der Waals surface area contributed by atoms with Gasteiger partial charge in [-0.1, -0.05) is 37.6 Å². The van der Waals surface area contributed by atoms with Gasteiger partial charge in [0.2, 0.25) is 0 Å². The fraction of sp³-hybridized carbons (Fsp3) is 0.667. The van der Waals surface area contributed by atoms with Crippen molar-refractivity contribution in [1.82, 2.24) is 10.2 Å². The zero-order chi connectivity index (χ0) is 15.7. The van der Waals surface area contributed by atoms with Crippen LogP contribution in [0.4, 0.5) is 0 Å². The van der Waals surface area contributed by atoms with Gasteiger partial charge in [0.1, 0.15) is 0 Å². The average Bonchev–Trinajstić information content (AvgIpc) is 2.45. The van der Waals surface area contributed by atoms with E-state index in [0.717, 1.165) is 31.0 Å². The number of hydrogen-bond acceptors (Lipinski definition) is 2. The van der Waals surface area contributed by atoms with Crippen LogP contribution >= 0.6 is 11.6 Å². The Morgan fingerprint density at radius 3 is 2.48 bits per heavy atom. The van der Waals surface area contributed by atoms with Crippen LogP contribution in [0.25, 0.3) is 0 Å². The van der Waals surface area contributed by atoms with Crippen LogP contribution in [0.2, 0.25) is 5.02 Å². The molecule has 0 fully saturated rings. The Morgan fingerprint density at radius 1 is 1.14 bits per heavy atom. The normalized spacial score (nSPS) is 13.1. The Labute approximate surface area is 135 Å². The van der Waals surface area contributed by atoms with E-state index in [9.17, 15) is 0 Å². The van der Waals surface area contributed by atoms with Crippen LogP contribution in [0.1, 0.15) is 58.6 Å². The fourth-order valence-electron chi connectivity index (χ4n) is 2.64. The first-order valence-corrected chi connectivity index (χ1v) is 8.69. The van der Waals surface area contributed by atoms with Crippen LogP contribution in [-0.2, 0) is 0 Å². The summed E-state index contributed by atoms with van der Waals surface area (Å²) >= 11 is 6.15. The van der Waals surface area contributed by atoms with Crippen LogP contribution in [0.15, 0.2) is 24.3 Å². The van der Waals surface area contributed by atoms with Gasteiger partial charge in [-0.3, -0.25) is 0 Å². The SMILES string of the molecule is CCCNC(CCN(CCC)C(C)C)c1cccc(Cl)c1. The summed E-state index contributed by atoms with van der Waals surface area (Å²) in [5.41, 5.74) is 1.30. The molecule has 0 saturated heterocycles. The Bertz CT molecular complexity index is 393. The van der Waals surface area contributed by atoms with E-state index in [1.54, 1.807) is 0 Å². The van der Waals surface area contributed by atoms with E-state index in [4.69, 9.17) is 11.6 Å². The summed E-state index contributed by atoms with van der Waals surface area (Å²) in [5, 5.41) is 4.49. The van der Waals surface area contributed by atoms with Crippen molar-refractivity contribution in [1.29, 1.82) is 0 Å². The van der Waals surface area contributed by atoms with Crippen molar-refractivity contribution < 1.29 is 0 Å². The van der Waals surface area contributed by atoms with Gasteiger partial charge in [0, 0.05) is 23.7 Å². The summed E-state index contributed by atoms with van der Waals surface area (Å²) < 4.78 is 0. The lowest BCUT2D eigenvalue weighted by Crippen LogP contribution is -2.35. The smallest absolute Gasteiger partial charge is 0.0409 e. The van der Waals surface area contributed by atoms with Gasteiger partial charge in [0.25, 0.3) is 0 Å². The molecule has 1 atom stereocenters. The van der Waals surface area contributed by atoms with Crippen LogP contribution in [0, 0.1) is 0 Å². The van der Waals surface area contributed by atoms with E-state index in [2.05, 4.69) is 50.0 Å². The molecule has 21 heavy (non-hydrogen) atoms. The highest BCUT2D eigenvalue weighted by molar-refractivity contribution is 6.30. The number of hydrogen-bond donors (Lipinski definition) is 1. The summed E-state index contributed by atoms with van der Waals surface area (Å²) in [7, 11) is 0. The van der Waals surface area contributed by atoms with E-state index < -0.39 is 0 Å². The van der Waals surface area contributed by atoms with Gasteiger partial charge in [-0.25, -0.2) is 0 Å². The summed E-state index contributed by atoms with van der Waals surface area (Å²) in [4.78, 5) is 2.56. The van der Waals surface area contributed by atoms with Crippen molar-refractivity contribution in [3.63, 3.8) is 0 Å². The lowest BCUT2D eigenvalue weighted by molar-refractivity contribution is 0.209. The third kappa shape index (κ3) is 6.82. The average molecular weight is 311 g/mol. The van der Waals surface area contributed by atoms with E-state index in [1.165, 1.54) is 18.5 Å². The van der Waals surface area contributed by atoms with Crippen molar-refractivity contribution in [2.75, 3.05) is 19.6 Å².